The minimum absolute atomic E-state index is 0.0109. The van der Waals surface area contributed by atoms with Gasteiger partial charge in [-0.15, -0.1) is 0 Å². The number of carbonyl (C=O) groups is 2. The maximum absolute atomic E-state index is 12.5. The number of pyridine rings is 2. The van der Waals surface area contributed by atoms with E-state index in [1.165, 1.54) is 19.8 Å². The van der Waals surface area contributed by atoms with Crippen LogP contribution in [0.3, 0.4) is 0 Å². The van der Waals surface area contributed by atoms with Crippen LogP contribution in [-0.4, -0.2) is 37.1 Å². The number of carbonyl (C=O) groups excluding carboxylic acids is 1. The molecule has 1 aliphatic rings. The van der Waals surface area contributed by atoms with Gasteiger partial charge in [-0.2, -0.15) is 0 Å². The van der Waals surface area contributed by atoms with E-state index in [0.29, 0.717) is 17.0 Å². The first-order chi connectivity index (χ1) is 18.3. The van der Waals surface area contributed by atoms with Crippen LogP contribution in [-0.2, 0) is 4.79 Å². The van der Waals surface area contributed by atoms with Crippen molar-refractivity contribution in [1.29, 1.82) is 5.41 Å². The zero-order chi connectivity index (χ0) is 27.0. The van der Waals surface area contributed by atoms with Crippen molar-refractivity contribution < 1.29 is 14.7 Å². The molecule has 1 aliphatic carbocycles. The summed E-state index contributed by atoms with van der Waals surface area (Å²) in [7, 11) is 0. The third kappa shape index (κ3) is 4.64. The molecule has 2 unspecified atom stereocenters. The molecule has 0 spiro atoms. The number of ketones is 1. The maximum atomic E-state index is 12.5. The largest absolute Gasteiger partial charge is 0.478 e. The summed E-state index contributed by atoms with van der Waals surface area (Å²) >= 11 is 0. The first-order valence-electron chi connectivity index (χ1n) is 13.1. The Hall–Kier alpha value is -4.13. The van der Waals surface area contributed by atoms with Crippen molar-refractivity contribution in [3.63, 3.8) is 0 Å². The van der Waals surface area contributed by atoms with Crippen LogP contribution >= 0.6 is 0 Å². The first kappa shape index (κ1) is 25.5. The molecule has 5 rings (SSSR count). The van der Waals surface area contributed by atoms with Crippen molar-refractivity contribution in [3.8, 4) is 11.1 Å². The zero-order valence-corrected chi connectivity index (χ0v) is 21.9. The van der Waals surface area contributed by atoms with Crippen LogP contribution < -0.4 is 0 Å². The molecule has 1 aromatic carbocycles. The lowest BCUT2D eigenvalue weighted by molar-refractivity contribution is -0.117. The van der Waals surface area contributed by atoms with Crippen molar-refractivity contribution >= 4 is 28.5 Å². The number of fused-ring (bicyclic) bond motifs is 1. The van der Waals surface area contributed by atoms with E-state index in [1.54, 1.807) is 26.1 Å². The minimum atomic E-state index is -0.951. The van der Waals surface area contributed by atoms with E-state index in [4.69, 9.17) is 15.4 Å². The highest BCUT2D eigenvalue weighted by Gasteiger charge is 2.31. The van der Waals surface area contributed by atoms with Gasteiger partial charge in [0.2, 0.25) is 0 Å². The van der Waals surface area contributed by atoms with E-state index in [2.05, 4.69) is 16.8 Å². The average Bonchev–Trinajstić information content (AvgIpc) is 3.53. The van der Waals surface area contributed by atoms with Crippen molar-refractivity contribution in [2.45, 2.75) is 58.4 Å². The summed E-state index contributed by atoms with van der Waals surface area (Å²) in [6.07, 6.45) is 10.2. The van der Waals surface area contributed by atoms with Gasteiger partial charge in [-0.3, -0.25) is 14.8 Å². The van der Waals surface area contributed by atoms with E-state index < -0.39 is 11.9 Å². The lowest BCUT2D eigenvalue weighted by Crippen LogP contribution is -2.20. The van der Waals surface area contributed by atoms with E-state index in [1.807, 2.05) is 36.5 Å². The van der Waals surface area contributed by atoms with Gasteiger partial charge in [0.25, 0.3) is 0 Å². The number of hydrogen-bond acceptors (Lipinski definition) is 5. The van der Waals surface area contributed by atoms with Gasteiger partial charge in [0.05, 0.1) is 34.3 Å². The fraction of sp³-hybridized carbons (Fsp3) is 0.323. The monoisotopic (exact) mass is 508 g/mol. The molecule has 4 aromatic rings. The smallest absolute Gasteiger partial charge is 0.335 e. The summed E-state index contributed by atoms with van der Waals surface area (Å²) in [6.45, 7) is 4.97. The topological polar surface area (TPSA) is 109 Å². The van der Waals surface area contributed by atoms with Crippen LogP contribution in [0.5, 0.6) is 0 Å². The number of aryl methyl sites for hydroxylation is 1. The second kappa shape index (κ2) is 10.3. The number of nitrogens with zero attached hydrogens (tertiary/aromatic N) is 3. The van der Waals surface area contributed by atoms with Gasteiger partial charge >= 0.3 is 5.97 Å². The van der Waals surface area contributed by atoms with Crippen LogP contribution in [0.4, 0.5) is 0 Å². The number of aromatic carboxylic acids is 1. The molecule has 1 saturated carbocycles. The summed E-state index contributed by atoms with van der Waals surface area (Å²) in [5.41, 5.74) is 6.37. The molecule has 0 saturated heterocycles. The maximum Gasteiger partial charge on any atom is 0.335 e. The van der Waals surface area contributed by atoms with Gasteiger partial charge in [-0.1, -0.05) is 31.0 Å². The van der Waals surface area contributed by atoms with Crippen LogP contribution in [0.2, 0.25) is 0 Å². The van der Waals surface area contributed by atoms with E-state index in [0.717, 1.165) is 40.7 Å². The molecule has 0 radical (unpaired) electrons. The molecule has 2 atom stereocenters. The number of hydrogen-bond donors (Lipinski definition) is 2. The van der Waals surface area contributed by atoms with Crippen molar-refractivity contribution in [2.24, 2.45) is 5.92 Å². The molecule has 38 heavy (non-hydrogen) atoms. The highest BCUT2D eigenvalue weighted by atomic mass is 16.4. The Morgan fingerprint density at radius 3 is 2.45 bits per heavy atom. The van der Waals surface area contributed by atoms with Gasteiger partial charge in [-0.05, 0) is 80.5 Å². The molecule has 3 heterocycles. The SMILES string of the molecule is CC(=N)C(C(C)=O)c1cnc2c(-c3ccc(C(=O)O)c(C)c3)cn(C(c3ccccn3)C3CCCC3)c2c1. The number of Topliss-reactive ketones (excluding diaryl/α,β-unsaturated/α-hetero) is 1. The summed E-state index contributed by atoms with van der Waals surface area (Å²) in [6, 6.07) is 13.4. The van der Waals surface area contributed by atoms with Gasteiger partial charge in [0, 0.05) is 29.9 Å². The normalized spacial score (nSPS) is 15.4. The lowest BCUT2D eigenvalue weighted by atomic mass is 9.92. The molecule has 0 bridgehead atoms. The molecule has 194 valence electrons. The van der Waals surface area contributed by atoms with Gasteiger partial charge in [0.1, 0.15) is 5.78 Å². The number of carboxylic acids is 1. The van der Waals surface area contributed by atoms with Gasteiger partial charge in [-0.25, -0.2) is 4.79 Å². The third-order valence-electron chi connectivity index (χ3n) is 7.77. The van der Waals surface area contributed by atoms with Crippen LogP contribution in [0.15, 0.2) is 61.1 Å². The molecule has 7 heteroatoms. The lowest BCUT2D eigenvalue weighted by Gasteiger charge is -2.26. The molecule has 1 fully saturated rings. The number of nitrogens with one attached hydrogen (secondary N) is 1. The fourth-order valence-corrected chi connectivity index (χ4v) is 6.04. The third-order valence-corrected chi connectivity index (χ3v) is 7.77. The summed E-state index contributed by atoms with van der Waals surface area (Å²) in [4.78, 5) is 33.7. The number of carboxylic acid groups (broad SMARTS) is 1. The van der Waals surface area contributed by atoms with E-state index >= 15 is 0 Å². The van der Waals surface area contributed by atoms with E-state index in [-0.39, 0.29) is 23.1 Å². The van der Waals surface area contributed by atoms with Crippen molar-refractivity contribution in [3.05, 3.63) is 83.4 Å². The van der Waals surface area contributed by atoms with Crippen molar-refractivity contribution in [2.75, 3.05) is 0 Å². The molecule has 7 nitrogen and oxygen atoms in total. The molecule has 3 aromatic heterocycles. The molecular weight excluding hydrogens is 476 g/mol. The second-order valence-electron chi connectivity index (χ2n) is 10.4. The Morgan fingerprint density at radius 2 is 1.84 bits per heavy atom. The number of aromatic nitrogens is 3. The van der Waals surface area contributed by atoms with Crippen LogP contribution in [0.25, 0.3) is 22.2 Å². The zero-order valence-electron chi connectivity index (χ0n) is 21.9. The standard InChI is InChI=1S/C31H32N4O3/c1-18-14-22(11-12-24(18)31(37)38)25-17-35(30(21-8-4-5-9-21)26-10-6-7-13-33-26)27-15-23(16-34-29(25)27)28(19(2)32)20(3)36/h6-7,10-17,21,28,30,32H,4-5,8-9H2,1-3H3,(H,37,38). The number of benzene rings is 1. The summed E-state index contributed by atoms with van der Waals surface area (Å²) in [5, 5.41) is 17.8. The first-order valence-corrected chi connectivity index (χ1v) is 13.1. The van der Waals surface area contributed by atoms with Crippen molar-refractivity contribution in [1.82, 2.24) is 14.5 Å². The van der Waals surface area contributed by atoms with Gasteiger partial charge in [0.15, 0.2) is 0 Å². The minimum Gasteiger partial charge on any atom is -0.478 e. The Morgan fingerprint density at radius 1 is 1.08 bits per heavy atom. The fourth-order valence-electron chi connectivity index (χ4n) is 6.04. The summed E-state index contributed by atoms with van der Waals surface area (Å²) in [5.74, 6) is -1.28. The predicted octanol–water partition coefficient (Wildman–Crippen LogP) is 6.60. The molecular formula is C31H32N4O3. The van der Waals surface area contributed by atoms with Gasteiger partial charge < -0.3 is 15.1 Å². The van der Waals surface area contributed by atoms with E-state index in [9.17, 15) is 14.7 Å². The van der Waals surface area contributed by atoms with Crippen LogP contribution in [0.1, 0.15) is 78.7 Å². The Kier molecular flexibility index (Phi) is 6.93. The second-order valence-corrected chi connectivity index (χ2v) is 10.4. The highest BCUT2D eigenvalue weighted by Crippen LogP contribution is 2.42. The Labute approximate surface area is 222 Å². The Bertz CT molecular complexity index is 1520. The number of rotatable bonds is 8. The predicted molar refractivity (Wildman–Crippen MR) is 148 cm³/mol. The summed E-state index contributed by atoms with van der Waals surface area (Å²) < 4.78 is 2.25. The molecule has 2 N–H and O–H groups in total. The highest BCUT2D eigenvalue weighted by molar-refractivity contribution is 6.07. The Balaban J connectivity index is 1.77. The quantitative estimate of drug-likeness (QED) is 0.261. The molecule has 0 aliphatic heterocycles. The average molecular weight is 509 g/mol. The van der Waals surface area contributed by atoms with Crippen LogP contribution in [0, 0.1) is 18.3 Å². The molecule has 0 amide bonds.